The maximum Gasteiger partial charge on any atom is 0.127 e. The molecule has 1 aliphatic rings. The van der Waals surface area contributed by atoms with Gasteiger partial charge in [0, 0.05) is 23.9 Å². The van der Waals surface area contributed by atoms with Crippen molar-refractivity contribution in [3.05, 3.63) is 29.5 Å². The fourth-order valence-electron chi connectivity index (χ4n) is 2.56. The van der Waals surface area contributed by atoms with Gasteiger partial charge in [-0.15, -0.1) is 6.42 Å². The lowest BCUT2D eigenvalue weighted by Crippen LogP contribution is -2.29. The predicted molar refractivity (Wildman–Crippen MR) is 93.2 cm³/mol. The number of nitrogens with two attached hydrogens (primary N) is 1. The van der Waals surface area contributed by atoms with Gasteiger partial charge >= 0.3 is 0 Å². The van der Waals surface area contributed by atoms with Crippen molar-refractivity contribution >= 4 is 11.5 Å². The molecule has 0 amide bonds. The summed E-state index contributed by atoms with van der Waals surface area (Å²) in [6, 6.07) is 1.94. The summed E-state index contributed by atoms with van der Waals surface area (Å²) >= 11 is 0. The number of piperidine rings is 1. The Kier molecular flexibility index (Phi) is 4.77. The number of anilines is 1. The number of nitrogen functional groups attached to an aromatic ring is 1. The minimum atomic E-state index is -0.0287. The maximum atomic E-state index is 6.16. The molecule has 0 aliphatic carbocycles. The highest BCUT2D eigenvalue weighted by atomic mass is 15.3. The maximum absolute atomic E-state index is 6.16. The molecule has 2 rings (SSSR count). The number of terminal acetylenes is 1. The van der Waals surface area contributed by atoms with Crippen LogP contribution in [0.25, 0.3) is 5.70 Å². The molecule has 1 aromatic rings. The molecule has 1 atom stereocenters. The molecule has 118 valence electrons. The lowest BCUT2D eigenvalue weighted by Gasteiger charge is -2.22. The molecular formula is C18H26N4. The summed E-state index contributed by atoms with van der Waals surface area (Å²) in [5, 5.41) is 8.05. The zero-order chi connectivity index (χ0) is 16.3. The minimum Gasteiger partial charge on any atom is -0.384 e. The summed E-state index contributed by atoms with van der Waals surface area (Å²) < 4.78 is 1.80. The Morgan fingerprint density at radius 3 is 2.82 bits per heavy atom. The number of rotatable bonds is 2. The Balaban J connectivity index is 2.38. The standard InChI is InChI=1S/C18H26N4/c1-6-13-8-9-20-12-14(13)10-15(7-2)22-17(19)11-16(21-22)18(3,4)5/h1,7,10-11,13,20H,8-9,12,19H2,2-5H3/b14-10-,15-7+. The van der Waals surface area contributed by atoms with Crippen LogP contribution in [-0.4, -0.2) is 22.9 Å². The molecule has 1 aliphatic heterocycles. The Bertz CT molecular complexity index is 635. The Labute approximate surface area is 133 Å². The number of allylic oxidation sites excluding steroid dienone is 3. The monoisotopic (exact) mass is 298 g/mol. The van der Waals surface area contributed by atoms with Crippen molar-refractivity contribution in [1.29, 1.82) is 0 Å². The summed E-state index contributed by atoms with van der Waals surface area (Å²) in [5.74, 6) is 3.72. The van der Waals surface area contributed by atoms with E-state index in [9.17, 15) is 0 Å². The third-order valence-corrected chi connectivity index (χ3v) is 3.97. The molecule has 0 spiro atoms. The predicted octanol–water partition coefficient (Wildman–Crippen LogP) is 2.79. The zero-order valence-electron chi connectivity index (χ0n) is 14.0. The molecule has 0 bridgehead atoms. The quantitative estimate of drug-likeness (QED) is 0.826. The fraction of sp³-hybridized carbons (Fsp3) is 0.500. The molecule has 22 heavy (non-hydrogen) atoms. The average molecular weight is 298 g/mol. The molecule has 3 N–H and O–H groups in total. The Hall–Kier alpha value is -1.99. The van der Waals surface area contributed by atoms with E-state index in [4.69, 9.17) is 12.2 Å². The van der Waals surface area contributed by atoms with E-state index >= 15 is 0 Å². The zero-order valence-corrected chi connectivity index (χ0v) is 14.0. The van der Waals surface area contributed by atoms with Gasteiger partial charge in [0.2, 0.25) is 0 Å². The molecule has 0 aromatic carbocycles. The number of hydrogen-bond donors (Lipinski definition) is 2. The van der Waals surface area contributed by atoms with Crippen molar-refractivity contribution in [3.8, 4) is 12.3 Å². The van der Waals surface area contributed by atoms with Gasteiger partial charge in [-0.2, -0.15) is 5.10 Å². The van der Waals surface area contributed by atoms with Crippen molar-refractivity contribution in [2.45, 2.75) is 39.5 Å². The first-order valence-corrected chi connectivity index (χ1v) is 7.77. The molecule has 2 heterocycles. The van der Waals surface area contributed by atoms with Crippen LogP contribution >= 0.6 is 0 Å². The smallest absolute Gasteiger partial charge is 0.127 e. The Morgan fingerprint density at radius 2 is 2.27 bits per heavy atom. The van der Waals surface area contributed by atoms with E-state index in [0.29, 0.717) is 5.82 Å². The second-order valence-corrected chi connectivity index (χ2v) is 6.73. The molecule has 4 heteroatoms. The van der Waals surface area contributed by atoms with Crippen LogP contribution in [0, 0.1) is 18.3 Å². The van der Waals surface area contributed by atoms with E-state index < -0.39 is 0 Å². The fourth-order valence-corrected chi connectivity index (χ4v) is 2.56. The lowest BCUT2D eigenvalue weighted by molar-refractivity contribution is 0.543. The average Bonchev–Trinajstić information content (AvgIpc) is 2.87. The van der Waals surface area contributed by atoms with Crippen LogP contribution in [0.15, 0.2) is 23.8 Å². The van der Waals surface area contributed by atoms with Gasteiger partial charge in [0.25, 0.3) is 0 Å². The van der Waals surface area contributed by atoms with Gasteiger partial charge in [-0.3, -0.25) is 0 Å². The van der Waals surface area contributed by atoms with Gasteiger partial charge in [0.1, 0.15) is 5.82 Å². The molecule has 0 radical (unpaired) electrons. The highest BCUT2D eigenvalue weighted by Crippen LogP contribution is 2.26. The second kappa shape index (κ2) is 6.41. The normalized spacial score (nSPS) is 21.9. The molecule has 1 fully saturated rings. The summed E-state index contributed by atoms with van der Waals surface area (Å²) in [5.41, 5.74) is 9.30. The first-order valence-electron chi connectivity index (χ1n) is 7.77. The molecule has 4 nitrogen and oxygen atoms in total. The van der Waals surface area contributed by atoms with Gasteiger partial charge in [-0.1, -0.05) is 32.8 Å². The van der Waals surface area contributed by atoms with E-state index in [-0.39, 0.29) is 11.3 Å². The van der Waals surface area contributed by atoms with E-state index in [2.05, 4.69) is 43.2 Å². The van der Waals surface area contributed by atoms with Crippen LogP contribution in [0.1, 0.15) is 39.8 Å². The number of nitrogens with zero attached hydrogens (tertiary/aromatic N) is 2. The largest absolute Gasteiger partial charge is 0.384 e. The number of nitrogens with one attached hydrogen (secondary N) is 1. The van der Waals surface area contributed by atoms with Crippen LogP contribution in [-0.2, 0) is 5.41 Å². The second-order valence-electron chi connectivity index (χ2n) is 6.73. The van der Waals surface area contributed by atoms with Gasteiger partial charge < -0.3 is 11.1 Å². The van der Waals surface area contributed by atoms with Crippen molar-refractivity contribution < 1.29 is 0 Å². The van der Waals surface area contributed by atoms with Crippen molar-refractivity contribution in [3.63, 3.8) is 0 Å². The third kappa shape index (κ3) is 3.42. The van der Waals surface area contributed by atoms with Crippen molar-refractivity contribution in [2.75, 3.05) is 18.8 Å². The topological polar surface area (TPSA) is 55.9 Å². The van der Waals surface area contributed by atoms with Crippen molar-refractivity contribution in [1.82, 2.24) is 15.1 Å². The highest BCUT2D eigenvalue weighted by molar-refractivity contribution is 5.62. The van der Waals surface area contributed by atoms with Crippen LogP contribution in [0.2, 0.25) is 0 Å². The highest BCUT2D eigenvalue weighted by Gasteiger charge is 2.21. The molecule has 0 saturated carbocycles. The van der Waals surface area contributed by atoms with Crippen LogP contribution in [0.4, 0.5) is 5.82 Å². The van der Waals surface area contributed by atoms with E-state index in [1.807, 2.05) is 19.1 Å². The first-order chi connectivity index (χ1) is 10.4. The molecule has 1 saturated heterocycles. The summed E-state index contributed by atoms with van der Waals surface area (Å²) in [6.07, 6.45) is 10.8. The van der Waals surface area contributed by atoms with Crippen LogP contribution in [0.3, 0.4) is 0 Å². The third-order valence-electron chi connectivity index (χ3n) is 3.97. The molecule has 1 aromatic heterocycles. The van der Waals surface area contributed by atoms with Gasteiger partial charge in [-0.25, -0.2) is 4.68 Å². The lowest BCUT2D eigenvalue weighted by atomic mass is 9.92. The Morgan fingerprint density at radius 1 is 1.55 bits per heavy atom. The van der Waals surface area contributed by atoms with Crippen LogP contribution < -0.4 is 11.1 Å². The number of hydrogen-bond acceptors (Lipinski definition) is 3. The van der Waals surface area contributed by atoms with Crippen LogP contribution in [0.5, 0.6) is 0 Å². The molecule has 1 unspecified atom stereocenters. The van der Waals surface area contributed by atoms with E-state index in [1.165, 1.54) is 5.57 Å². The SMILES string of the molecule is C#CC1CCNC/C1=C/C(=C\C)n1nc(C(C)(C)C)cc1N. The minimum absolute atomic E-state index is 0.0287. The van der Waals surface area contributed by atoms with Gasteiger partial charge in [-0.05, 0) is 31.5 Å². The summed E-state index contributed by atoms with van der Waals surface area (Å²) in [6.45, 7) is 10.2. The summed E-state index contributed by atoms with van der Waals surface area (Å²) in [7, 11) is 0. The molecular weight excluding hydrogens is 272 g/mol. The first kappa shape index (κ1) is 16.4. The van der Waals surface area contributed by atoms with Gasteiger partial charge in [0.15, 0.2) is 0 Å². The van der Waals surface area contributed by atoms with E-state index in [1.54, 1.807) is 4.68 Å². The summed E-state index contributed by atoms with van der Waals surface area (Å²) in [4.78, 5) is 0. The van der Waals surface area contributed by atoms with Gasteiger partial charge in [0.05, 0.1) is 11.4 Å². The van der Waals surface area contributed by atoms with E-state index in [0.717, 1.165) is 30.9 Å². The number of aromatic nitrogens is 2. The van der Waals surface area contributed by atoms with Crippen molar-refractivity contribution in [2.24, 2.45) is 5.92 Å².